The number of hydrogen-bond acceptors (Lipinski definition) is 5. The van der Waals surface area contributed by atoms with Crippen LogP contribution in [0.25, 0.3) is 0 Å². The van der Waals surface area contributed by atoms with E-state index in [0.29, 0.717) is 6.29 Å². The SMILES string of the molecule is CC(OS(=O)O)C1COC(C=O)O1. The largest absolute Gasteiger partial charge is 0.343 e. The van der Waals surface area contributed by atoms with Gasteiger partial charge in [0.25, 0.3) is 0 Å². The maximum atomic E-state index is 10.2. The van der Waals surface area contributed by atoms with E-state index in [2.05, 4.69) is 4.18 Å². The Morgan fingerprint density at radius 1 is 1.77 bits per heavy atom. The fourth-order valence-corrected chi connectivity index (χ4v) is 1.33. The lowest BCUT2D eigenvalue weighted by atomic mass is 10.2. The Labute approximate surface area is 77.6 Å². The van der Waals surface area contributed by atoms with Crippen molar-refractivity contribution in [3.63, 3.8) is 0 Å². The maximum absolute atomic E-state index is 10.2. The molecule has 1 aliphatic heterocycles. The lowest BCUT2D eigenvalue weighted by Gasteiger charge is -2.14. The van der Waals surface area contributed by atoms with Gasteiger partial charge in [-0.1, -0.05) is 0 Å². The van der Waals surface area contributed by atoms with Crippen molar-refractivity contribution < 1.29 is 27.2 Å². The highest BCUT2D eigenvalue weighted by atomic mass is 32.2. The molecule has 1 N–H and O–H groups in total. The molecule has 0 amide bonds. The van der Waals surface area contributed by atoms with Crippen LogP contribution in [0.2, 0.25) is 0 Å². The lowest BCUT2D eigenvalue weighted by Crippen LogP contribution is -2.29. The van der Waals surface area contributed by atoms with Gasteiger partial charge in [0.1, 0.15) is 12.2 Å². The molecular formula is C6H10O6S. The topological polar surface area (TPSA) is 82.1 Å². The zero-order valence-electron chi connectivity index (χ0n) is 6.91. The summed E-state index contributed by atoms with van der Waals surface area (Å²) in [4.78, 5) is 10.2. The van der Waals surface area contributed by atoms with Crippen LogP contribution in [0.15, 0.2) is 0 Å². The van der Waals surface area contributed by atoms with Crippen LogP contribution in [0.5, 0.6) is 0 Å². The molecule has 76 valence electrons. The first-order valence-electron chi connectivity index (χ1n) is 3.64. The van der Waals surface area contributed by atoms with E-state index in [1.807, 2.05) is 0 Å². The molecule has 1 aliphatic rings. The van der Waals surface area contributed by atoms with Crippen molar-refractivity contribution in [2.75, 3.05) is 6.61 Å². The lowest BCUT2D eigenvalue weighted by molar-refractivity contribution is -0.134. The third kappa shape index (κ3) is 3.12. The Balaban J connectivity index is 2.36. The van der Waals surface area contributed by atoms with E-state index in [1.165, 1.54) is 0 Å². The van der Waals surface area contributed by atoms with Crippen LogP contribution >= 0.6 is 0 Å². The summed E-state index contributed by atoms with van der Waals surface area (Å²) >= 11 is -2.33. The van der Waals surface area contributed by atoms with Gasteiger partial charge in [-0.3, -0.25) is 13.5 Å². The second-order valence-corrected chi connectivity index (χ2v) is 3.16. The van der Waals surface area contributed by atoms with E-state index >= 15 is 0 Å². The molecule has 0 radical (unpaired) electrons. The van der Waals surface area contributed by atoms with Crippen molar-refractivity contribution in [3.8, 4) is 0 Å². The standard InChI is InChI=1S/C6H10O6S/c1-4(12-13(8)9)5-3-10-6(2-7)11-5/h2,4-6H,3H2,1H3,(H,8,9). The van der Waals surface area contributed by atoms with Crippen LogP contribution in [-0.4, -0.2) is 40.2 Å². The van der Waals surface area contributed by atoms with E-state index in [4.69, 9.17) is 14.0 Å². The quantitative estimate of drug-likeness (QED) is 0.496. The summed E-state index contributed by atoms with van der Waals surface area (Å²) < 4.78 is 33.0. The molecule has 1 fully saturated rings. The Morgan fingerprint density at radius 2 is 2.46 bits per heavy atom. The van der Waals surface area contributed by atoms with Gasteiger partial charge < -0.3 is 9.47 Å². The highest BCUT2D eigenvalue weighted by Crippen LogP contribution is 2.15. The van der Waals surface area contributed by atoms with Crippen molar-refractivity contribution in [1.82, 2.24) is 0 Å². The zero-order valence-corrected chi connectivity index (χ0v) is 7.73. The van der Waals surface area contributed by atoms with Crippen LogP contribution in [-0.2, 0) is 29.8 Å². The number of aldehydes is 1. The van der Waals surface area contributed by atoms with Crippen LogP contribution < -0.4 is 0 Å². The molecule has 1 rings (SSSR count). The predicted octanol–water partition coefficient (Wildman–Crippen LogP) is -0.531. The molecule has 0 aromatic heterocycles. The van der Waals surface area contributed by atoms with Crippen molar-refractivity contribution in [2.45, 2.75) is 25.4 Å². The second-order valence-electron chi connectivity index (χ2n) is 2.53. The average molecular weight is 210 g/mol. The minimum absolute atomic E-state index is 0.182. The minimum Gasteiger partial charge on any atom is -0.343 e. The van der Waals surface area contributed by atoms with Crippen LogP contribution in [0.4, 0.5) is 0 Å². The summed E-state index contributed by atoms with van der Waals surface area (Å²) in [6.45, 7) is 1.75. The van der Waals surface area contributed by atoms with E-state index in [9.17, 15) is 9.00 Å². The molecule has 4 unspecified atom stereocenters. The van der Waals surface area contributed by atoms with Gasteiger partial charge in [-0.15, -0.1) is 0 Å². The second kappa shape index (κ2) is 4.77. The highest BCUT2D eigenvalue weighted by molar-refractivity contribution is 7.74. The van der Waals surface area contributed by atoms with Gasteiger partial charge in [0, 0.05) is 0 Å². The van der Waals surface area contributed by atoms with Crippen molar-refractivity contribution in [2.24, 2.45) is 0 Å². The maximum Gasteiger partial charge on any atom is 0.302 e. The molecule has 0 aromatic rings. The Kier molecular flexibility index (Phi) is 3.94. The summed E-state index contributed by atoms with van der Waals surface area (Å²) in [6.07, 6.45) is -1.44. The van der Waals surface area contributed by atoms with Gasteiger partial charge in [-0.25, -0.2) is 0 Å². The summed E-state index contributed by atoms with van der Waals surface area (Å²) in [5.41, 5.74) is 0. The molecule has 0 spiro atoms. The van der Waals surface area contributed by atoms with Gasteiger partial charge in [-0.05, 0) is 6.92 Å². The zero-order chi connectivity index (χ0) is 9.84. The van der Waals surface area contributed by atoms with E-state index in [-0.39, 0.29) is 6.61 Å². The third-order valence-electron chi connectivity index (χ3n) is 1.60. The number of ether oxygens (including phenoxy) is 2. The third-order valence-corrected chi connectivity index (χ3v) is 2.07. The first kappa shape index (κ1) is 10.7. The van der Waals surface area contributed by atoms with E-state index in [1.54, 1.807) is 6.92 Å². The number of rotatable bonds is 4. The molecule has 7 heteroatoms. The highest BCUT2D eigenvalue weighted by Gasteiger charge is 2.31. The summed E-state index contributed by atoms with van der Waals surface area (Å²) in [5, 5.41) is 0. The van der Waals surface area contributed by atoms with E-state index in [0.717, 1.165) is 0 Å². The minimum atomic E-state index is -2.33. The smallest absolute Gasteiger partial charge is 0.302 e. The average Bonchev–Trinajstić information content (AvgIpc) is 2.50. The molecule has 1 heterocycles. The Hall–Kier alpha value is -0.340. The number of carbonyl (C=O) groups excluding carboxylic acids is 1. The molecule has 0 aliphatic carbocycles. The number of hydrogen-bond donors (Lipinski definition) is 1. The van der Waals surface area contributed by atoms with E-state index < -0.39 is 29.9 Å². The summed E-state index contributed by atoms with van der Waals surface area (Å²) in [5.74, 6) is 0. The number of carbonyl (C=O) groups is 1. The first-order chi connectivity index (χ1) is 6.13. The van der Waals surface area contributed by atoms with Gasteiger partial charge in [0.15, 0.2) is 6.29 Å². The molecule has 1 saturated heterocycles. The monoisotopic (exact) mass is 210 g/mol. The van der Waals surface area contributed by atoms with Gasteiger partial charge in [-0.2, -0.15) is 4.21 Å². The first-order valence-corrected chi connectivity index (χ1v) is 4.67. The van der Waals surface area contributed by atoms with Gasteiger partial charge in [0.05, 0.1) is 6.61 Å². The van der Waals surface area contributed by atoms with Crippen LogP contribution in [0.1, 0.15) is 6.92 Å². The summed E-state index contributed by atoms with van der Waals surface area (Å²) in [6, 6.07) is 0. The molecule has 0 bridgehead atoms. The predicted molar refractivity (Wildman–Crippen MR) is 42.0 cm³/mol. The Bertz CT molecular complexity index is 207. The fraction of sp³-hybridized carbons (Fsp3) is 0.833. The molecule has 6 nitrogen and oxygen atoms in total. The molecular weight excluding hydrogens is 200 g/mol. The molecule has 0 saturated carbocycles. The fourth-order valence-electron chi connectivity index (χ4n) is 0.950. The van der Waals surface area contributed by atoms with Crippen LogP contribution in [0, 0.1) is 0 Å². The van der Waals surface area contributed by atoms with Gasteiger partial charge in [0.2, 0.25) is 6.29 Å². The molecule has 4 atom stereocenters. The van der Waals surface area contributed by atoms with Crippen molar-refractivity contribution >= 4 is 17.6 Å². The normalized spacial score (nSPS) is 32.8. The Morgan fingerprint density at radius 3 is 2.92 bits per heavy atom. The van der Waals surface area contributed by atoms with Crippen LogP contribution in [0.3, 0.4) is 0 Å². The van der Waals surface area contributed by atoms with Crippen molar-refractivity contribution in [3.05, 3.63) is 0 Å². The van der Waals surface area contributed by atoms with Gasteiger partial charge >= 0.3 is 11.4 Å². The summed E-state index contributed by atoms with van der Waals surface area (Å²) in [7, 11) is 0. The molecule has 13 heavy (non-hydrogen) atoms. The van der Waals surface area contributed by atoms with Crippen molar-refractivity contribution in [1.29, 1.82) is 0 Å². The molecule has 0 aromatic carbocycles.